The molecule has 0 aliphatic carbocycles. The number of likely N-dealkylation sites (N-methyl/N-ethyl adjacent to an activating group) is 1. The number of hydrogen-bond donors (Lipinski definition) is 1. The maximum atomic E-state index is 12.3. The topological polar surface area (TPSA) is 49.4 Å². The van der Waals surface area contributed by atoms with Crippen molar-refractivity contribution in [2.75, 3.05) is 6.54 Å². The molecular formula is C13H24N2O2. The van der Waals surface area contributed by atoms with E-state index in [-0.39, 0.29) is 35.7 Å². The Kier molecular flexibility index (Phi) is 4.54. The number of nitrogens with one attached hydrogen (secondary N) is 1. The molecule has 1 fully saturated rings. The van der Waals surface area contributed by atoms with E-state index in [1.165, 1.54) is 0 Å². The third-order valence-corrected chi connectivity index (χ3v) is 3.64. The zero-order valence-electron chi connectivity index (χ0n) is 11.5. The van der Waals surface area contributed by atoms with Gasteiger partial charge in [-0.1, -0.05) is 34.1 Å². The molecule has 0 aromatic rings. The van der Waals surface area contributed by atoms with Crippen LogP contribution in [0.4, 0.5) is 0 Å². The molecule has 3 atom stereocenters. The van der Waals surface area contributed by atoms with Crippen molar-refractivity contribution in [2.24, 2.45) is 11.8 Å². The molecule has 0 aromatic heterocycles. The van der Waals surface area contributed by atoms with Crippen LogP contribution >= 0.6 is 0 Å². The summed E-state index contributed by atoms with van der Waals surface area (Å²) < 4.78 is 0. The lowest BCUT2D eigenvalue weighted by Crippen LogP contribution is -2.66. The van der Waals surface area contributed by atoms with E-state index < -0.39 is 0 Å². The number of nitrogens with zero attached hydrogens (tertiary/aromatic N) is 1. The normalized spacial score (nSPS) is 27.3. The summed E-state index contributed by atoms with van der Waals surface area (Å²) in [5.74, 6) is 0.400. The third kappa shape index (κ3) is 2.61. The highest BCUT2D eigenvalue weighted by Gasteiger charge is 2.42. The van der Waals surface area contributed by atoms with Crippen molar-refractivity contribution in [3.63, 3.8) is 0 Å². The largest absolute Gasteiger partial charge is 0.342 e. The van der Waals surface area contributed by atoms with E-state index in [1.807, 2.05) is 34.6 Å². The molecule has 1 N–H and O–H groups in total. The maximum Gasteiger partial charge on any atom is 0.246 e. The van der Waals surface area contributed by atoms with Crippen molar-refractivity contribution >= 4 is 11.8 Å². The predicted octanol–water partition coefficient (Wildman–Crippen LogP) is 1.40. The highest BCUT2D eigenvalue weighted by molar-refractivity contribution is 5.97. The Morgan fingerprint density at radius 2 is 1.82 bits per heavy atom. The summed E-state index contributed by atoms with van der Waals surface area (Å²) in [7, 11) is 0. The third-order valence-electron chi connectivity index (χ3n) is 3.64. The van der Waals surface area contributed by atoms with Crippen LogP contribution in [0.25, 0.3) is 0 Å². The van der Waals surface area contributed by atoms with E-state index in [4.69, 9.17) is 0 Å². The van der Waals surface area contributed by atoms with Gasteiger partial charge in [0, 0.05) is 6.54 Å². The number of amides is 2. The number of carbonyl (C=O) groups is 2. The van der Waals surface area contributed by atoms with Crippen molar-refractivity contribution in [3.05, 3.63) is 0 Å². The van der Waals surface area contributed by atoms with E-state index in [0.717, 1.165) is 6.42 Å². The van der Waals surface area contributed by atoms with E-state index >= 15 is 0 Å². The molecule has 1 heterocycles. The molecule has 2 amide bonds. The SMILES string of the molecule is CCC(C)C1NC(=O)C(C(C)C)N(CC)C1=O. The molecule has 4 heteroatoms. The highest BCUT2D eigenvalue weighted by Crippen LogP contribution is 2.21. The molecule has 1 aliphatic rings. The van der Waals surface area contributed by atoms with Crippen molar-refractivity contribution in [1.82, 2.24) is 10.2 Å². The standard InChI is InChI=1S/C13H24N2O2/c1-6-9(5)10-13(17)15(7-2)11(8(3)4)12(16)14-10/h8-11H,6-7H2,1-5H3,(H,14,16). The van der Waals surface area contributed by atoms with Gasteiger partial charge < -0.3 is 10.2 Å². The first-order valence-electron chi connectivity index (χ1n) is 6.54. The summed E-state index contributed by atoms with van der Waals surface area (Å²) in [4.78, 5) is 26.1. The van der Waals surface area contributed by atoms with Crippen LogP contribution < -0.4 is 5.32 Å². The molecular weight excluding hydrogens is 216 g/mol. The van der Waals surface area contributed by atoms with Gasteiger partial charge in [-0.2, -0.15) is 0 Å². The Labute approximate surface area is 104 Å². The molecule has 1 saturated heterocycles. The molecule has 1 aliphatic heterocycles. The summed E-state index contributed by atoms with van der Waals surface area (Å²) in [5.41, 5.74) is 0. The maximum absolute atomic E-state index is 12.3. The van der Waals surface area contributed by atoms with Crippen LogP contribution in [0, 0.1) is 11.8 Å². The fourth-order valence-electron chi connectivity index (χ4n) is 2.39. The molecule has 0 aromatic carbocycles. The minimum Gasteiger partial charge on any atom is -0.342 e. The molecule has 0 radical (unpaired) electrons. The molecule has 3 unspecified atom stereocenters. The molecule has 98 valence electrons. The summed E-state index contributed by atoms with van der Waals surface area (Å²) in [6.45, 7) is 10.5. The lowest BCUT2D eigenvalue weighted by molar-refractivity contribution is -0.152. The van der Waals surface area contributed by atoms with Crippen LogP contribution in [0.15, 0.2) is 0 Å². The number of rotatable bonds is 4. The first-order chi connectivity index (χ1) is 7.93. The second-order valence-corrected chi connectivity index (χ2v) is 5.18. The van der Waals surface area contributed by atoms with E-state index in [9.17, 15) is 9.59 Å². The van der Waals surface area contributed by atoms with Crippen molar-refractivity contribution in [1.29, 1.82) is 0 Å². The first kappa shape index (κ1) is 14.0. The van der Waals surface area contributed by atoms with Gasteiger partial charge in [-0.3, -0.25) is 9.59 Å². The monoisotopic (exact) mass is 240 g/mol. The van der Waals surface area contributed by atoms with Gasteiger partial charge in [-0.25, -0.2) is 0 Å². The van der Waals surface area contributed by atoms with E-state index in [1.54, 1.807) is 4.90 Å². The Balaban J connectivity index is 2.95. The van der Waals surface area contributed by atoms with E-state index in [2.05, 4.69) is 5.32 Å². The minimum absolute atomic E-state index is 0.00764. The van der Waals surface area contributed by atoms with Gasteiger partial charge in [0.15, 0.2) is 0 Å². The van der Waals surface area contributed by atoms with Crippen LogP contribution in [-0.4, -0.2) is 35.3 Å². The summed E-state index contributed by atoms with van der Waals surface area (Å²) in [6, 6.07) is -0.657. The Morgan fingerprint density at radius 3 is 2.24 bits per heavy atom. The van der Waals surface area contributed by atoms with Gasteiger partial charge in [0.1, 0.15) is 12.1 Å². The average molecular weight is 240 g/mol. The Morgan fingerprint density at radius 1 is 1.24 bits per heavy atom. The summed E-state index contributed by atoms with van der Waals surface area (Å²) >= 11 is 0. The lowest BCUT2D eigenvalue weighted by atomic mass is 9.91. The van der Waals surface area contributed by atoms with Crippen LogP contribution in [-0.2, 0) is 9.59 Å². The van der Waals surface area contributed by atoms with Crippen LogP contribution in [0.2, 0.25) is 0 Å². The molecule has 17 heavy (non-hydrogen) atoms. The van der Waals surface area contributed by atoms with Gasteiger partial charge in [0.05, 0.1) is 0 Å². The second kappa shape index (κ2) is 5.52. The lowest BCUT2D eigenvalue weighted by Gasteiger charge is -2.41. The Hall–Kier alpha value is -1.06. The zero-order valence-corrected chi connectivity index (χ0v) is 11.5. The van der Waals surface area contributed by atoms with Gasteiger partial charge in [0.2, 0.25) is 11.8 Å². The van der Waals surface area contributed by atoms with Gasteiger partial charge in [0.25, 0.3) is 0 Å². The van der Waals surface area contributed by atoms with Crippen molar-refractivity contribution in [2.45, 2.75) is 53.1 Å². The van der Waals surface area contributed by atoms with Crippen molar-refractivity contribution in [3.8, 4) is 0 Å². The number of carbonyl (C=O) groups excluding carboxylic acids is 2. The first-order valence-corrected chi connectivity index (χ1v) is 6.54. The van der Waals surface area contributed by atoms with Gasteiger partial charge in [-0.05, 0) is 18.8 Å². The fourth-order valence-corrected chi connectivity index (χ4v) is 2.39. The molecule has 1 rings (SSSR count). The van der Waals surface area contributed by atoms with Crippen LogP contribution in [0.3, 0.4) is 0 Å². The molecule has 0 bridgehead atoms. The van der Waals surface area contributed by atoms with Crippen LogP contribution in [0.1, 0.15) is 41.0 Å². The molecule has 0 spiro atoms. The quantitative estimate of drug-likeness (QED) is 0.807. The molecule has 0 saturated carbocycles. The average Bonchev–Trinajstić information content (AvgIpc) is 2.29. The second-order valence-electron chi connectivity index (χ2n) is 5.18. The summed E-state index contributed by atoms with van der Waals surface area (Å²) in [5, 5.41) is 2.88. The molecule has 4 nitrogen and oxygen atoms in total. The van der Waals surface area contributed by atoms with Gasteiger partial charge >= 0.3 is 0 Å². The fraction of sp³-hybridized carbons (Fsp3) is 0.846. The number of piperazine rings is 1. The smallest absolute Gasteiger partial charge is 0.246 e. The predicted molar refractivity (Wildman–Crippen MR) is 67.4 cm³/mol. The van der Waals surface area contributed by atoms with Gasteiger partial charge in [-0.15, -0.1) is 0 Å². The van der Waals surface area contributed by atoms with Crippen molar-refractivity contribution < 1.29 is 9.59 Å². The number of hydrogen-bond acceptors (Lipinski definition) is 2. The highest BCUT2D eigenvalue weighted by atomic mass is 16.2. The Bertz CT molecular complexity index is 302. The minimum atomic E-state index is -0.345. The zero-order chi connectivity index (χ0) is 13.2. The van der Waals surface area contributed by atoms with Crippen LogP contribution in [0.5, 0.6) is 0 Å². The van der Waals surface area contributed by atoms with E-state index in [0.29, 0.717) is 6.54 Å². The summed E-state index contributed by atoms with van der Waals surface area (Å²) in [6.07, 6.45) is 0.889.